The first-order chi connectivity index (χ1) is 9.00. The summed E-state index contributed by atoms with van der Waals surface area (Å²) < 4.78 is 22.7. The van der Waals surface area contributed by atoms with E-state index in [2.05, 4.69) is 29.0 Å². The molecule has 2 unspecified atom stereocenters. The van der Waals surface area contributed by atoms with E-state index in [1.165, 1.54) is 0 Å². The summed E-state index contributed by atoms with van der Waals surface area (Å²) in [6.45, 7) is 11.0. The van der Waals surface area contributed by atoms with Crippen LogP contribution in [-0.4, -0.2) is 81.1 Å². The van der Waals surface area contributed by atoms with Crippen LogP contribution in [0.15, 0.2) is 0 Å². The van der Waals surface area contributed by atoms with Crippen LogP contribution in [0.2, 0.25) is 0 Å². The number of likely N-dealkylation sites (N-methyl/N-ethyl adjacent to an activating group) is 1. The minimum Gasteiger partial charge on any atom is -0.312 e. The van der Waals surface area contributed by atoms with E-state index in [1.54, 1.807) is 0 Å². The Morgan fingerprint density at radius 1 is 1.32 bits per heavy atom. The van der Waals surface area contributed by atoms with Crippen molar-refractivity contribution in [3.63, 3.8) is 0 Å². The average molecular weight is 289 g/mol. The summed E-state index contributed by atoms with van der Waals surface area (Å²) in [4.78, 5) is 4.99. The van der Waals surface area contributed by atoms with E-state index in [0.717, 1.165) is 45.7 Å². The zero-order valence-corrected chi connectivity index (χ0v) is 13.0. The van der Waals surface area contributed by atoms with E-state index < -0.39 is 9.84 Å². The van der Waals surface area contributed by atoms with Gasteiger partial charge in [0.25, 0.3) is 0 Å². The Labute approximate surface area is 117 Å². The minimum atomic E-state index is -2.75. The molecule has 0 aromatic heterocycles. The molecule has 2 heterocycles. The molecule has 0 radical (unpaired) electrons. The molecule has 0 saturated carbocycles. The summed E-state index contributed by atoms with van der Waals surface area (Å²) in [7, 11) is -2.75. The van der Waals surface area contributed by atoms with Crippen LogP contribution in [0.3, 0.4) is 0 Å². The molecule has 0 amide bonds. The van der Waals surface area contributed by atoms with E-state index in [1.807, 2.05) is 0 Å². The Kier molecular flexibility index (Phi) is 5.22. The quantitative estimate of drug-likeness (QED) is 0.759. The molecule has 2 aliphatic rings. The Morgan fingerprint density at radius 3 is 2.68 bits per heavy atom. The molecule has 2 rings (SSSR count). The van der Waals surface area contributed by atoms with E-state index >= 15 is 0 Å². The molecule has 2 aliphatic heterocycles. The van der Waals surface area contributed by atoms with Gasteiger partial charge in [0.2, 0.25) is 0 Å². The molecule has 2 atom stereocenters. The summed E-state index contributed by atoms with van der Waals surface area (Å²) in [5.74, 6) is 0.684. The lowest BCUT2D eigenvalue weighted by molar-refractivity contribution is 0.0883. The van der Waals surface area contributed by atoms with Gasteiger partial charge in [-0.15, -0.1) is 0 Å². The molecular weight excluding hydrogens is 262 g/mol. The highest BCUT2D eigenvalue weighted by molar-refractivity contribution is 7.91. The van der Waals surface area contributed by atoms with Gasteiger partial charge >= 0.3 is 0 Å². The molecule has 19 heavy (non-hydrogen) atoms. The van der Waals surface area contributed by atoms with Gasteiger partial charge in [0.15, 0.2) is 9.84 Å². The van der Waals surface area contributed by atoms with E-state index in [0.29, 0.717) is 17.5 Å². The van der Waals surface area contributed by atoms with Crippen molar-refractivity contribution in [1.82, 2.24) is 15.1 Å². The van der Waals surface area contributed by atoms with Gasteiger partial charge in [0, 0.05) is 44.8 Å². The summed E-state index contributed by atoms with van der Waals surface area (Å²) in [5.41, 5.74) is 0. The molecule has 0 aromatic carbocycles. The number of rotatable bonds is 5. The smallest absolute Gasteiger partial charge is 0.151 e. The second-order valence-corrected chi connectivity index (χ2v) is 8.06. The maximum atomic E-state index is 11.4. The lowest BCUT2D eigenvalue weighted by Crippen LogP contribution is -2.53. The number of hydrogen-bond acceptors (Lipinski definition) is 5. The van der Waals surface area contributed by atoms with Gasteiger partial charge in [-0.2, -0.15) is 0 Å². The van der Waals surface area contributed by atoms with Gasteiger partial charge in [-0.05, 0) is 19.9 Å². The first-order valence-corrected chi connectivity index (χ1v) is 9.22. The third kappa shape index (κ3) is 4.41. The predicted octanol–water partition coefficient (Wildman–Crippen LogP) is -0.211. The fraction of sp³-hybridized carbons (Fsp3) is 1.00. The Balaban J connectivity index is 1.64. The Hall–Kier alpha value is -0.170. The Bertz CT molecular complexity index is 385. The van der Waals surface area contributed by atoms with Gasteiger partial charge in [0.1, 0.15) is 0 Å². The summed E-state index contributed by atoms with van der Waals surface area (Å²) in [5, 5.41) is 3.39. The molecule has 6 heteroatoms. The molecule has 2 saturated heterocycles. The fourth-order valence-electron chi connectivity index (χ4n) is 3.13. The van der Waals surface area contributed by atoms with Crippen LogP contribution in [0.25, 0.3) is 0 Å². The number of nitrogens with zero attached hydrogens (tertiary/aromatic N) is 2. The lowest BCUT2D eigenvalue weighted by atomic mass is 10.2. The minimum absolute atomic E-state index is 0.180. The van der Waals surface area contributed by atoms with Crippen molar-refractivity contribution in [1.29, 1.82) is 0 Å². The SMILES string of the molecule is CCN1CCN(CCNC2CCS(=O)(=O)C2)CC1C. The largest absolute Gasteiger partial charge is 0.312 e. The van der Waals surface area contributed by atoms with E-state index in [4.69, 9.17) is 0 Å². The number of piperazine rings is 1. The average Bonchev–Trinajstić information content (AvgIpc) is 2.69. The van der Waals surface area contributed by atoms with E-state index in [9.17, 15) is 8.42 Å². The maximum Gasteiger partial charge on any atom is 0.151 e. The molecular formula is C13H27N3O2S. The zero-order chi connectivity index (χ0) is 13.9. The number of sulfone groups is 1. The summed E-state index contributed by atoms with van der Waals surface area (Å²) in [6.07, 6.45) is 0.780. The topological polar surface area (TPSA) is 52.6 Å². The molecule has 0 aliphatic carbocycles. The van der Waals surface area contributed by atoms with Crippen molar-refractivity contribution in [3.8, 4) is 0 Å². The zero-order valence-electron chi connectivity index (χ0n) is 12.1. The van der Waals surface area contributed by atoms with Crippen LogP contribution in [0.5, 0.6) is 0 Å². The highest BCUT2D eigenvalue weighted by atomic mass is 32.2. The Morgan fingerprint density at radius 2 is 2.11 bits per heavy atom. The molecule has 0 spiro atoms. The van der Waals surface area contributed by atoms with Crippen molar-refractivity contribution < 1.29 is 8.42 Å². The monoisotopic (exact) mass is 289 g/mol. The van der Waals surface area contributed by atoms with Crippen LogP contribution in [0.4, 0.5) is 0 Å². The second-order valence-electron chi connectivity index (χ2n) is 5.83. The van der Waals surface area contributed by atoms with Gasteiger partial charge in [-0.3, -0.25) is 9.80 Å². The number of nitrogens with one attached hydrogen (secondary N) is 1. The van der Waals surface area contributed by atoms with Crippen LogP contribution >= 0.6 is 0 Å². The second kappa shape index (κ2) is 6.52. The van der Waals surface area contributed by atoms with Crippen LogP contribution in [0, 0.1) is 0 Å². The fourth-order valence-corrected chi connectivity index (χ4v) is 4.83. The molecule has 0 aromatic rings. The van der Waals surface area contributed by atoms with Crippen LogP contribution < -0.4 is 5.32 Å². The van der Waals surface area contributed by atoms with Crippen molar-refractivity contribution in [3.05, 3.63) is 0 Å². The van der Waals surface area contributed by atoms with Crippen LogP contribution in [0.1, 0.15) is 20.3 Å². The van der Waals surface area contributed by atoms with Crippen molar-refractivity contribution in [2.75, 3.05) is 50.8 Å². The van der Waals surface area contributed by atoms with Gasteiger partial charge in [-0.25, -0.2) is 8.42 Å². The third-order valence-corrected chi connectivity index (χ3v) is 6.12. The highest BCUT2D eigenvalue weighted by Crippen LogP contribution is 2.11. The summed E-state index contributed by atoms with van der Waals surface area (Å²) in [6, 6.07) is 0.810. The number of hydrogen-bond donors (Lipinski definition) is 1. The first-order valence-electron chi connectivity index (χ1n) is 7.40. The van der Waals surface area contributed by atoms with Crippen molar-refractivity contribution >= 4 is 9.84 Å². The van der Waals surface area contributed by atoms with Crippen LogP contribution in [-0.2, 0) is 9.84 Å². The third-order valence-electron chi connectivity index (χ3n) is 4.35. The highest BCUT2D eigenvalue weighted by Gasteiger charge is 2.27. The summed E-state index contributed by atoms with van der Waals surface area (Å²) >= 11 is 0. The molecule has 5 nitrogen and oxygen atoms in total. The lowest BCUT2D eigenvalue weighted by Gasteiger charge is -2.39. The molecule has 112 valence electrons. The van der Waals surface area contributed by atoms with Crippen molar-refractivity contribution in [2.45, 2.75) is 32.4 Å². The van der Waals surface area contributed by atoms with E-state index in [-0.39, 0.29) is 6.04 Å². The predicted molar refractivity (Wildman–Crippen MR) is 78.2 cm³/mol. The van der Waals surface area contributed by atoms with Gasteiger partial charge in [0.05, 0.1) is 11.5 Å². The molecule has 0 bridgehead atoms. The normalized spacial score (nSPS) is 32.7. The van der Waals surface area contributed by atoms with Gasteiger partial charge in [-0.1, -0.05) is 6.92 Å². The van der Waals surface area contributed by atoms with Crippen molar-refractivity contribution in [2.24, 2.45) is 0 Å². The standard InChI is InChI=1S/C13H27N3O2S/c1-3-16-8-7-15(10-12(16)2)6-5-14-13-4-9-19(17,18)11-13/h12-14H,3-11H2,1-2H3. The molecule has 2 fully saturated rings. The van der Waals surface area contributed by atoms with Gasteiger partial charge < -0.3 is 5.32 Å². The molecule has 1 N–H and O–H groups in total. The first kappa shape index (κ1) is 15.2. The maximum absolute atomic E-state index is 11.4.